The van der Waals surface area contributed by atoms with E-state index < -0.39 is 6.10 Å². The number of halogens is 1. The molecular weight excluding hydrogens is 263 g/mol. The Hall–Kier alpha value is -1.52. The molecule has 2 aromatic carbocycles. The molecule has 0 amide bonds. The third-order valence-corrected chi connectivity index (χ3v) is 3.92. The van der Waals surface area contributed by atoms with E-state index >= 15 is 0 Å². The summed E-state index contributed by atoms with van der Waals surface area (Å²) in [6, 6.07) is 12.1. The number of methoxy groups -OCH3 is 1. The van der Waals surface area contributed by atoms with E-state index in [9.17, 15) is 9.50 Å². The average molecular weight is 278 g/mol. The molecule has 1 N–H and O–H groups in total. The van der Waals surface area contributed by atoms with Crippen molar-refractivity contribution in [2.45, 2.75) is 22.8 Å². The molecule has 0 aromatic heterocycles. The number of aliphatic hydroxyl groups is 1. The number of para-hydroxylation sites is 1. The predicted molar refractivity (Wildman–Crippen MR) is 74.2 cm³/mol. The van der Waals surface area contributed by atoms with Crippen molar-refractivity contribution in [2.24, 2.45) is 0 Å². The van der Waals surface area contributed by atoms with Gasteiger partial charge in [-0.25, -0.2) is 4.39 Å². The summed E-state index contributed by atoms with van der Waals surface area (Å²) in [5, 5.41) is 9.72. The van der Waals surface area contributed by atoms with Gasteiger partial charge in [-0.2, -0.15) is 0 Å². The molecule has 0 bridgehead atoms. The van der Waals surface area contributed by atoms with Gasteiger partial charge in [0, 0.05) is 0 Å². The normalized spacial score (nSPS) is 12.2. The van der Waals surface area contributed by atoms with Crippen LogP contribution in [0, 0.1) is 5.82 Å². The smallest absolute Gasteiger partial charge is 0.137 e. The van der Waals surface area contributed by atoms with E-state index in [1.807, 2.05) is 24.3 Å². The molecule has 0 heterocycles. The van der Waals surface area contributed by atoms with Crippen LogP contribution in [0.2, 0.25) is 0 Å². The van der Waals surface area contributed by atoms with Crippen molar-refractivity contribution in [3.05, 3.63) is 53.8 Å². The lowest BCUT2D eigenvalue weighted by atomic mass is 10.1. The van der Waals surface area contributed by atoms with Crippen molar-refractivity contribution in [1.29, 1.82) is 0 Å². The van der Waals surface area contributed by atoms with Gasteiger partial charge in [0.25, 0.3) is 0 Å². The molecule has 2 rings (SSSR count). The first-order valence-electron chi connectivity index (χ1n) is 5.91. The molecule has 0 aliphatic carbocycles. The molecule has 0 aliphatic rings. The van der Waals surface area contributed by atoms with Gasteiger partial charge in [-0.15, -0.1) is 0 Å². The van der Waals surface area contributed by atoms with Crippen LogP contribution in [0.4, 0.5) is 4.39 Å². The Bertz CT molecular complexity index is 570. The van der Waals surface area contributed by atoms with Crippen molar-refractivity contribution < 1.29 is 14.2 Å². The van der Waals surface area contributed by atoms with Crippen LogP contribution in [0.5, 0.6) is 5.75 Å². The number of benzene rings is 2. The van der Waals surface area contributed by atoms with E-state index in [1.54, 1.807) is 26.2 Å². The van der Waals surface area contributed by atoms with Gasteiger partial charge in [0.05, 0.1) is 23.0 Å². The molecule has 0 radical (unpaired) electrons. The summed E-state index contributed by atoms with van der Waals surface area (Å²) in [6.45, 7) is 1.63. The molecule has 0 aliphatic heterocycles. The Labute approximate surface area is 116 Å². The highest BCUT2D eigenvalue weighted by Gasteiger charge is 2.15. The zero-order valence-electron chi connectivity index (χ0n) is 10.8. The molecule has 0 fully saturated rings. The second kappa shape index (κ2) is 6.08. The van der Waals surface area contributed by atoms with E-state index in [0.29, 0.717) is 16.2 Å². The summed E-state index contributed by atoms with van der Waals surface area (Å²) in [5.74, 6) is 0.349. The summed E-state index contributed by atoms with van der Waals surface area (Å²) in [5.41, 5.74) is 0.580. The van der Waals surface area contributed by atoms with Crippen LogP contribution in [0.3, 0.4) is 0 Å². The van der Waals surface area contributed by atoms with Crippen molar-refractivity contribution in [3.63, 3.8) is 0 Å². The van der Waals surface area contributed by atoms with E-state index in [4.69, 9.17) is 4.74 Å². The van der Waals surface area contributed by atoms with Crippen LogP contribution in [0.25, 0.3) is 0 Å². The third-order valence-electron chi connectivity index (χ3n) is 2.73. The van der Waals surface area contributed by atoms with Gasteiger partial charge in [-0.1, -0.05) is 36.0 Å². The van der Waals surface area contributed by atoms with E-state index in [-0.39, 0.29) is 5.82 Å². The first kappa shape index (κ1) is 13.9. The second-order valence-electron chi connectivity index (χ2n) is 4.09. The van der Waals surface area contributed by atoms with Crippen LogP contribution in [-0.4, -0.2) is 12.2 Å². The molecule has 4 heteroatoms. The lowest BCUT2D eigenvalue weighted by Gasteiger charge is -2.14. The minimum absolute atomic E-state index is 0.339. The number of hydrogen-bond donors (Lipinski definition) is 1. The van der Waals surface area contributed by atoms with Crippen LogP contribution in [0.15, 0.2) is 52.3 Å². The first-order chi connectivity index (χ1) is 9.13. The molecule has 2 nitrogen and oxygen atoms in total. The van der Waals surface area contributed by atoms with E-state index in [0.717, 1.165) is 4.90 Å². The van der Waals surface area contributed by atoms with E-state index in [1.165, 1.54) is 17.8 Å². The molecule has 19 heavy (non-hydrogen) atoms. The molecule has 0 saturated carbocycles. The van der Waals surface area contributed by atoms with Crippen molar-refractivity contribution in [1.82, 2.24) is 0 Å². The van der Waals surface area contributed by atoms with Crippen molar-refractivity contribution in [3.8, 4) is 5.75 Å². The van der Waals surface area contributed by atoms with Crippen LogP contribution >= 0.6 is 11.8 Å². The molecule has 2 aromatic rings. The van der Waals surface area contributed by atoms with Gasteiger partial charge in [0.1, 0.15) is 11.6 Å². The Balaban J connectivity index is 2.43. The largest absolute Gasteiger partial charge is 0.496 e. The average Bonchev–Trinajstić information content (AvgIpc) is 2.41. The van der Waals surface area contributed by atoms with Gasteiger partial charge < -0.3 is 9.84 Å². The van der Waals surface area contributed by atoms with Gasteiger partial charge >= 0.3 is 0 Å². The minimum atomic E-state index is -0.715. The van der Waals surface area contributed by atoms with Crippen LogP contribution in [0.1, 0.15) is 18.6 Å². The summed E-state index contributed by atoms with van der Waals surface area (Å²) in [7, 11) is 1.58. The highest BCUT2D eigenvalue weighted by Crippen LogP contribution is 2.39. The lowest BCUT2D eigenvalue weighted by Crippen LogP contribution is -1.97. The van der Waals surface area contributed by atoms with Gasteiger partial charge in [-0.05, 0) is 30.7 Å². The van der Waals surface area contributed by atoms with Crippen LogP contribution < -0.4 is 4.74 Å². The zero-order valence-corrected chi connectivity index (χ0v) is 11.6. The lowest BCUT2D eigenvalue weighted by molar-refractivity contribution is 0.195. The Kier molecular flexibility index (Phi) is 4.45. The minimum Gasteiger partial charge on any atom is -0.496 e. The Morgan fingerprint density at radius 3 is 2.58 bits per heavy atom. The maximum atomic E-state index is 14.0. The highest BCUT2D eigenvalue weighted by molar-refractivity contribution is 7.99. The molecular formula is C15H15FO2S. The number of hydrogen-bond acceptors (Lipinski definition) is 3. The van der Waals surface area contributed by atoms with Crippen molar-refractivity contribution in [2.75, 3.05) is 7.11 Å². The van der Waals surface area contributed by atoms with Gasteiger partial charge in [0.15, 0.2) is 0 Å². The Morgan fingerprint density at radius 2 is 1.89 bits per heavy atom. The number of aliphatic hydroxyl groups excluding tert-OH is 1. The maximum Gasteiger partial charge on any atom is 0.137 e. The quantitative estimate of drug-likeness (QED) is 0.915. The fourth-order valence-corrected chi connectivity index (χ4v) is 2.92. The topological polar surface area (TPSA) is 29.5 Å². The molecule has 0 saturated heterocycles. The number of rotatable bonds is 4. The fraction of sp³-hybridized carbons (Fsp3) is 0.200. The Morgan fingerprint density at radius 1 is 1.16 bits per heavy atom. The third kappa shape index (κ3) is 3.08. The van der Waals surface area contributed by atoms with Crippen LogP contribution in [-0.2, 0) is 0 Å². The van der Waals surface area contributed by atoms with Gasteiger partial charge in [0.2, 0.25) is 0 Å². The summed E-state index contributed by atoms with van der Waals surface area (Å²) in [4.78, 5) is 1.25. The monoisotopic (exact) mass is 278 g/mol. The maximum absolute atomic E-state index is 14.0. The molecule has 100 valence electrons. The predicted octanol–water partition coefficient (Wildman–Crippen LogP) is 4.04. The SMILES string of the molecule is COc1ccccc1Sc1c(F)cccc1[C@H](C)O. The first-order valence-corrected chi connectivity index (χ1v) is 6.72. The highest BCUT2D eigenvalue weighted by atomic mass is 32.2. The second-order valence-corrected chi connectivity index (χ2v) is 5.14. The molecule has 0 unspecified atom stereocenters. The van der Waals surface area contributed by atoms with Crippen molar-refractivity contribution >= 4 is 11.8 Å². The molecule has 1 atom stereocenters. The standard InChI is InChI=1S/C15H15FO2S/c1-10(17)11-6-5-7-12(16)15(11)19-14-9-4-3-8-13(14)18-2/h3-10,17H,1-2H3/t10-/m0/s1. The summed E-state index contributed by atoms with van der Waals surface area (Å²) < 4.78 is 19.2. The zero-order chi connectivity index (χ0) is 13.8. The van der Waals surface area contributed by atoms with E-state index in [2.05, 4.69) is 0 Å². The molecule has 0 spiro atoms. The van der Waals surface area contributed by atoms with Gasteiger partial charge in [-0.3, -0.25) is 0 Å². The summed E-state index contributed by atoms with van der Waals surface area (Å²) in [6.07, 6.45) is -0.715. The number of ether oxygens (including phenoxy) is 1. The summed E-state index contributed by atoms with van der Waals surface area (Å²) >= 11 is 1.26. The fourth-order valence-electron chi connectivity index (χ4n) is 1.78.